The van der Waals surface area contributed by atoms with Gasteiger partial charge in [0.1, 0.15) is 5.75 Å². The van der Waals surface area contributed by atoms with Gasteiger partial charge in [-0.05, 0) is 49.1 Å². The molecule has 0 saturated heterocycles. The lowest BCUT2D eigenvalue weighted by molar-refractivity contribution is 0.0998. The van der Waals surface area contributed by atoms with E-state index in [9.17, 15) is 4.79 Å². The number of hydrogen-bond acceptors (Lipinski definition) is 3. The van der Waals surface area contributed by atoms with Gasteiger partial charge in [0.15, 0.2) is 4.80 Å². The summed E-state index contributed by atoms with van der Waals surface area (Å²) in [6, 6.07) is 15.7. The van der Waals surface area contributed by atoms with Gasteiger partial charge in [0.2, 0.25) is 0 Å². The lowest BCUT2D eigenvalue weighted by atomic mass is 9.93. The number of nitrogens with zero attached hydrogens (tertiary/aromatic N) is 2. The maximum absolute atomic E-state index is 12.7. The van der Waals surface area contributed by atoms with E-state index < -0.39 is 0 Å². The first-order valence-corrected chi connectivity index (χ1v) is 10.6. The third-order valence-corrected chi connectivity index (χ3v) is 6.25. The first-order valence-electron chi connectivity index (χ1n) is 9.76. The fourth-order valence-electron chi connectivity index (χ4n) is 3.50. The predicted octanol–water partition coefficient (Wildman–Crippen LogP) is 4.77. The van der Waals surface area contributed by atoms with Crippen LogP contribution in [0.15, 0.2) is 53.5 Å². The van der Waals surface area contributed by atoms with Crippen molar-refractivity contribution in [2.24, 2.45) is 12.0 Å². The number of hydrogen-bond donors (Lipinski definition) is 0. The smallest absolute Gasteiger partial charge is 0.279 e. The highest BCUT2D eigenvalue weighted by Crippen LogP contribution is 2.34. The Morgan fingerprint density at radius 2 is 1.93 bits per heavy atom. The van der Waals surface area contributed by atoms with Crippen LogP contribution in [0.1, 0.15) is 40.6 Å². The van der Waals surface area contributed by atoms with E-state index >= 15 is 0 Å². The average Bonchev–Trinajstić information content (AvgIpc) is 3.04. The van der Waals surface area contributed by atoms with Crippen LogP contribution in [0.5, 0.6) is 5.75 Å². The normalized spacial score (nSPS) is 13.1. The maximum Gasteiger partial charge on any atom is 0.279 e. The Kier molecular flexibility index (Phi) is 5.44. The molecule has 0 bridgehead atoms. The lowest BCUT2D eigenvalue weighted by Gasteiger charge is -2.16. The van der Waals surface area contributed by atoms with Gasteiger partial charge in [-0.3, -0.25) is 4.79 Å². The molecule has 2 aromatic carbocycles. The molecular weight excluding hydrogens is 368 g/mol. The van der Waals surface area contributed by atoms with Gasteiger partial charge in [-0.2, -0.15) is 4.99 Å². The van der Waals surface area contributed by atoms with Crippen molar-refractivity contribution in [3.8, 4) is 17.0 Å². The summed E-state index contributed by atoms with van der Waals surface area (Å²) in [6.07, 6.45) is 4.16. The second-order valence-electron chi connectivity index (χ2n) is 7.02. The van der Waals surface area contributed by atoms with Crippen LogP contribution in [0.25, 0.3) is 11.3 Å². The minimum atomic E-state index is -0.220. The van der Waals surface area contributed by atoms with E-state index in [0.29, 0.717) is 12.2 Å². The van der Waals surface area contributed by atoms with Gasteiger partial charge in [-0.15, -0.1) is 11.3 Å². The van der Waals surface area contributed by atoms with Crippen molar-refractivity contribution in [2.75, 3.05) is 6.61 Å². The molecule has 0 aliphatic heterocycles. The number of thiazole rings is 1. The number of aromatic nitrogens is 1. The van der Waals surface area contributed by atoms with E-state index in [4.69, 9.17) is 4.74 Å². The SMILES string of the molecule is CCCCOc1ccc(C(=O)N=c2sc3c(n2C)-c2ccccc2CC3)cc1. The predicted molar refractivity (Wildman–Crippen MR) is 113 cm³/mol. The van der Waals surface area contributed by atoms with E-state index in [2.05, 4.69) is 40.7 Å². The summed E-state index contributed by atoms with van der Waals surface area (Å²) in [4.78, 5) is 19.1. The summed E-state index contributed by atoms with van der Waals surface area (Å²) in [7, 11) is 1.99. The molecule has 1 amide bonds. The Hall–Kier alpha value is -2.66. The van der Waals surface area contributed by atoms with Crippen molar-refractivity contribution in [1.29, 1.82) is 0 Å². The van der Waals surface area contributed by atoms with E-state index in [1.807, 2.05) is 19.2 Å². The van der Waals surface area contributed by atoms with Gasteiger partial charge in [0, 0.05) is 23.1 Å². The Labute approximate surface area is 169 Å². The Morgan fingerprint density at radius 1 is 1.14 bits per heavy atom. The van der Waals surface area contributed by atoms with E-state index in [-0.39, 0.29) is 5.91 Å². The molecule has 0 unspecified atom stereocenters. The van der Waals surface area contributed by atoms with Crippen molar-refractivity contribution in [3.63, 3.8) is 0 Å². The summed E-state index contributed by atoms with van der Waals surface area (Å²) in [5.41, 5.74) is 4.39. The molecule has 1 heterocycles. The summed E-state index contributed by atoms with van der Waals surface area (Å²) in [6.45, 7) is 2.83. The molecule has 0 spiro atoms. The monoisotopic (exact) mass is 392 g/mol. The van der Waals surface area contributed by atoms with Crippen LogP contribution in [0.2, 0.25) is 0 Å². The summed E-state index contributed by atoms with van der Waals surface area (Å²) >= 11 is 1.62. The van der Waals surface area contributed by atoms with Crippen LogP contribution < -0.4 is 9.54 Å². The maximum atomic E-state index is 12.7. The van der Waals surface area contributed by atoms with Gasteiger partial charge in [0.05, 0.1) is 12.3 Å². The summed E-state index contributed by atoms with van der Waals surface area (Å²) in [5.74, 6) is 0.571. The fourth-order valence-corrected chi connectivity index (χ4v) is 4.63. The molecule has 4 nitrogen and oxygen atoms in total. The molecule has 28 heavy (non-hydrogen) atoms. The second kappa shape index (κ2) is 8.15. The Morgan fingerprint density at radius 3 is 2.71 bits per heavy atom. The number of carbonyl (C=O) groups excluding carboxylic acids is 1. The first-order chi connectivity index (χ1) is 13.7. The van der Waals surface area contributed by atoms with Gasteiger partial charge < -0.3 is 9.30 Å². The third-order valence-electron chi connectivity index (χ3n) is 5.06. The van der Waals surface area contributed by atoms with Crippen molar-refractivity contribution >= 4 is 17.2 Å². The zero-order valence-electron chi connectivity index (χ0n) is 16.3. The average molecular weight is 393 g/mol. The molecule has 3 aromatic rings. The molecule has 1 aromatic heterocycles. The van der Waals surface area contributed by atoms with Gasteiger partial charge in [-0.1, -0.05) is 37.6 Å². The molecule has 0 radical (unpaired) electrons. The molecule has 5 heteroatoms. The highest BCUT2D eigenvalue weighted by atomic mass is 32.1. The van der Waals surface area contributed by atoms with Crippen LogP contribution in [0, 0.1) is 0 Å². The lowest BCUT2D eigenvalue weighted by Crippen LogP contribution is -2.15. The zero-order chi connectivity index (χ0) is 19.5. The first kappa shape index (κ1) is 18.7. The molecule has 0 saturated carbocycles. The topological polar surface area (TPSA) is 43.6 Å². The number of benzene rings is 2. The van der Waals surface area contributed by atoms with Gasteiger partial charge >= 0.3 is 0 Å². The standard InChI is InChI=1S/C23H24N2O2S/c1-3-4-15-27-18-12-9-17(10-13-18)22(26)24-23-25(2)21-19-8-6-5-7-16(19)11-14-20(21)28-23/h5-10,12-13H,3-4,11,14-15H2,1-2H3. The van der Waals surface area contributed by atoms with Crippen LogP contribution in [-0.4, -0.2) is 17.1 Å². The number of aryl methyl sites for hydroxylation is 2. The van der Waals surface area contributed by atoms with Crippen LogP contribution in [0.3, 0.4) is 0 Å². The molecule has 0 atom stereocenters. The number of unbranched alkanes of at least 4 members (excludes halogenated alkanes) is 1. The molecule has 1 aliphatic rings. The van der Waals surface area contributed by atoms with Crippen molar-refractivity contribution in [1.82, 2.24) is 4.57 Å². The second-order valence-corrected chi connectivity index (χ2v) is 8.08. The van der Waals surface area contributed by atoms with Crippen LogP contribution in [-0.2, 0) is 19.9 Å². The van der Waals surface area contributed by atoms with Gasteiger partial charge in [-0.25, -0.2) is 0 Å². The number of ether oxygens (including phenoxy) is 1. The Bertz CT molecular complexity index is 1060. The minimum Gasteiger partial charge on any atom is -0.494 e. The Balaban J connectivity index is 1.60. The minimum absolute atomic E-state index is 0.220. The van der Waals surface area contributed by atoms with E-state index in [1.165, 1.54) is 21.7 Å². The molecule has 0 fully saturated rings. The van der Waals surface area contributed by atoms with Crippen LogP contribution >= 0.6 is 11.3 Å². The van der Waals surface area contributed by atoms with Gasteiger partial charge in [0.25, 0.3) is 5.91 Å². The van der Waals surface area contributed by atoms with Crippen LogP contribution in [0.4, 0.5) is 0 Å². The zero-order valence-corrected chi connectivity index (χ0v) is 17.1. The fraction of sp³-hybridized carbons (Fsp3) is 0.304. The van der Waals surface area contributed by atoms with Crippen molar-refractivity contribution in [2.45, 2.75) is 32.6 Å². The molecule has 4 rings (SSSR count). The van der Waals surface area contributed by atoms with E-state index in [0.717, 1.165) is 36.2 Å². The largest absolute Gasteiger partial charge is 0.494 e. The summed E-state index contributed by atoms with van der Waals surface area (Å²) in [5, 5.41) is 0. The number of rotatable bonds is 5. The third kappa shape index (κ3) is 3.67. The number of amides is 1. The molecule has 144 valence electrons. The highest BCUT2D eigenvalue weighted by molar-refractivity contribution is 7.09. The highest BCUT2D eigenvalue weighted by Gasteiger charge is 2.21. The number of carbonyl (C=O) groups is 1. The quantitative estimate of drug-likeness (QED) is 0.587. The number of fused-ring (bicyclic) bond motifs is 3. The molecule has 1 aliphatic carbocycles. The molecule has 0 N–H and O–H groups in total. The summed E-state index contributed by atoms with van der Waals surface area (Å²) < 4.78 is 7.72. The van der Waals surface area contributed by atoms with E-state index in [1.54, 1.807) is 23.5 Å². The van der Waals surface area contributed by atoms with Crippen molar-refractivity contribution in [3.05, 3.63) is 69.3 Å². The molecular formula is C23H24N2O2S. The van der Waals surface area contributed by atoms with Crippen molar-refractivity contribution < 1.29 is 9.53 Å².